The Kier molecular flexibility index (Phi) is 3.93. The molecule has 1 aliphatic rings. The summed E-state index contributed by atoms with van der Waals surface area (Å²) < 4.78 is 12.9. The van der Waals surface area contributed by atoms with Gasteiger partial charge in [-0.25, -0.2) is 9.78 Å². The number of imidazole rings is 1. The molecule has 2 aromatic heterocycles. The first-order chi connectivity index (χ1) is 12.1. The van der Waals surface area contributed by atoms with E-state index in [1.165, 1.54) is 0 Å². The summed E-state index contributed by atoms with van der Waals surface area (Å²) >= 11 is 5.98. The molecule has 0 spiro atoms. The zero-order valence-corrected chi connectivity index (χ0v) is 14.3. The molecule has 3 heterocycles. The van der Waals surface area contributed by atoms with Gasteiger partial charge in [-0.3, -0.25) is 0 Å². The second-order valence-electron chi connectivity index (χ2n) is 5.87. The highest BCUT2D eigenvalue weighted by molar-refractivity contribution is 6.30. The van der Waals surface area contributed by atoms with E-state index < -0.39 is 5.97 Å². The highest BCUT2D eigenvalue weighted by Gasteiger charge is 2.19. The fourth-order valence-electron chi connectivity index (χ4n) is 2.77. The van der Waals surface area contributed by atoms with Crippen LogP contribution in [-0.2, 0) is 16.1 Å². The lowest BCUT2D eigenvalue weighted by atomic mass is 10.1. The molecule has 4 rings (SSSR count). The number of esters is 1. The highest BCUT2D eigenvalue weighted by Crippen LogP contribution is 2.29. The number of benzene rings is 1. The van der Waals surface area contributed by atoms with Gasteiger partial charge in [0.15, 0.2) is 0 Å². The van der Waals surface area contributed by atoms with Crippen LogP contribution in [0, 0.1) is 6.92 Å². The van der Waals surface area contributed by atoms with Gasteiger partial charge in [0.2, 0.25) is 0 Å². The molecule has 0 atom stereocenters. The summed E-state index contributed by atoms with van der Waals surface area (Å²) in [7, 11) is 0. The van der Waals surface area contributed by atoms with E-state index in [1.54, 1.807) is 24.3 Å². The number of carbonyl (C=O) groups is 1. The molecular formula is C19H15ClN2O3. The number of pyridine rings is 1. The lowest BCUT2D eigenvalue weighted by Crippen LogP contribution is -2.17. The van der Waals surface area contributed by atoms with Crippen molar-refractivity contribution in [1.29, 1.82) is 0 Å². The summed E-state index contributed by atoms with van der Waals surface area (Å²) in [5.41, 5.74) is 3.85. The number of fused-ring (bicyclic) bond motifs is 2. The standard InChI is InChI=1S/C19H15ClN2O3/c1-12-3-2-6-22-9-16(21-18(12)22)11-25-19(23)14-7-13-8-15(20)4-5-17(13)24-10-14/h2-9H,10-11H2,1H3. The van der Waals surface area contributed by atoms with Gasteiger partial charge in [-0.1, -0.05) is 17.7 Å². The number of nitrogens with zero attached hydrogens (tertiary/aromatic N) is 2. The van der Waals surface area contributed by atoms with Crippen molar-refractivity contribution < 1.29 is 14.3 Å². The zero-order valence-electron chi connectivity index (χ0n) is 13.5. The molecule has 25 heavy (non-hydrogen) atoms. The van der Waals surface area contributed by atoms with Crippen LogP contribution < -0.4 is 4.74 Å². The van der Waals surface area contributed by atoms with Crippen LogP contribution in [0.5, 0.6) is 5.75 Å². The predicted molar refractivity (Wildman–Crippen MR) is 94.6 cm³/mol. The number of halogens is 1. The molecule has 3 aromatic rings. The van der Waals surface area contributed by atoms with Gasteiger partial charge < -0.3 is 13.9 Å². The van der Waals surface area contributed by atoms with Crippen LogP contribution in [0.2, 0.25) is 5.02 Å². The van der Waals surface area contributed by atoms with Crippen molar-refractivity contribution in [3.05, 3.63) is 70.1 Å². The van der Waals surface area contributed by atoms with E-state index in [0.29, 0.717) is 22.0 Å². The number of rotatable bonds is 3. The summed E-state index contributed by atoms with van der Waals surface area (Å²) in [4.78, 5) is 16.8. The van der Waals surface area contributed by atoms with Crippen LogP contribution in [0.1, 0.15) is 16.8 Å². The minimum absolute atomic E-state index is 0.111. The van der Waals surface area contributed by atoms with Crippen LogP contribution in [0.4, 0.5) is 0 Å². The maximum Gasteiger partial charge on any atom is 0.337 e. The maximum absolute atomic E-state index is 12.3. The number of aromatic nitrogens is 2. The van der Waals surface area contributed by atoms with E-state index in [4.69, 9.17) is 21.1 Å². The first-order valence-corrected chi connectivity index (χ1v) is 8.21. The van der Waals surface area contributed by atoms with Crippen molar-refractivity contribution in [3.63, 3.8) is 0 Å². The molecule has 0 radical (unpaired) electrons. The largest absolute Gasteiger partial charge is 0.488 e. The minimum atomic E-state index is -0.417. The lowest BCUT2D eigenvalue weighted by molar-refractivity contribution is -0.140. The predicted octanol–water partition coefficient (Wildman–Crippen LogP) is 3.82. The van der Waals surface area contributed by atoms with Gasteiger partial charge in [0.05, 0.1) is 11.3 Å². The van der Waals surface area contributed by atoms with E-state index >= 15 is 0 Å². The molecule has 126 valence electrons. The number of carbonyl (C=O) groups excluding carboxylic acids is 1. The molecule has 5 nitrogen and oxygen atoms in total. The zero-order chi connectivity index (χ0) is 17.4. The number of aryl methyl sites for hydroxylation is 1. The summed E-state index contributed by atoms with van der Waals surface area (Å²) in [6, 6.07) is 9.24. The molecule has 0 saturated heterocycles. The van der Waals surface area contributed by atoms with Crippen molar-refractivity contribution in [3.8, 4) is 5.75 Å². The summed E-state index contributed by atoms with van der Waals surface area (Å²) in [5, 5.41) is 0.591. The van der Waals surface area contributed by atoms with Gasteiger partial charge in [0.1, 0.15) is 24.6 Å². The van der Waals surface area contributed by atoms with Crippen LogP contribution in [0.25, 0.3) is 11.7 Å². The molecule has 0 aliphatic carbocycles. The smallest absolute Gasteiger partial charge is 0.337 e. The Balaban J connectivity index is 1.49. The van der Waals surface area contributed by atoms with E-state index in [9.17, 15) is 4.79 Å². The molecule has 0 N–H and O–H groups in total. The average Bonchev–Trinajstić information content (AvgIpc) is 3.03. The molecular weight excluding hydrogens is 340 g/mol. The van der Waals surface area contributed by atoms with E-state index in [1.807, 2.05) is 35.9 Å². The third-order valence-electron chi connectivity index (χ3n) is 4.03. The molecule has 0 amide bonds. The number of hydrogen-bond acceptors (Lipinski definition) is 4. The second-order valence-corrected chi connectivity index (χ2v) is 6.31. The molecule has 0 fully saturated rings. The van der Waals surface area contributed by atoms with Crippen molar-refractivity contribution in [2.75, 3.05) is 6.61 Å². The van der Waals surface area contributed by atoms with E-state index in [2.05, 4.69) is 4.98 Å². The maximum atomic E-state index is 12.3. The van der Waals surface area contributed by atoms with Crippen LogP contribution in [0.15, 0.2) is 48.3 Å². The average molecular weight is 355 g/mol. The molecule has 1 aliphatic heterocycles. The molecule has 0 bridgehead atoms. The third kappa shape index (κ3) is 3.10. The van der Waals surface area contributed by atoms with Crippen molar-refractivity contribution in [1.82, 2.24) is 9.38 Å². The highest BCUT2D eigenvalue weighted by atomic mass is 35.5. The third-order valence-corrected chi connectivity index (χ3v) is 4.26. The fraction of sp³-hybridized carbons (Fsp3) is 0.158. The Hall–Kier alpha value is -2.79. The van der Waals surface area contributed by atoms with Crippen LogP contribution >= 0.6 is 11.6 Å². The van der Waals surface area contributed by atoms with Gasteiger partial charge >= 0.3 is 5.97 Å². The fourth-order valence-corrected chi connectivity index (χ4v) is 2.95. The first-order valence-electron chi connectivity index (χ1n) is 7.83. The monoisotopic (exact) mass is 354 g/mol. The van der Waals surface area contributed by atoms with Crippen molar-refractivity contribution in [2.24, 2.45) is 0 Å². The Bertz CT molecular complexity index is 1010. The van der Waals surface area contributed by atoms with Crippen LogP contribution in [-0.4, -0.2) is 22.0 Å². The summed E-state index contributed by atoms with van der Waals surface area (Å²) in [5.74, 6) is 0.288. The molecule has 6 heteroatoms. The first kappa shape index (κ1) is 15.7. The summed E-state index contributed by atoms with van der Waals surface area (Å²) in [6.45, 7) is 2.28. The molecule has 0 saturated carbocycles. The Labute approximate surface area is 149 Å². The minimum Gasteiger partial charge on any atom is -0.488 e. The normalized spacial score (nSPS) is 13.1. The SMILES string of the molecule is Cc1cccn2cc(COC(=O)C3=Cc4cc(Cl)ccc4OC3)nc12. The molecule has 1 aromatic carbocycles. The van der Waals surface area contributed by atoms with Crippen LogP contribution in [0.3, 0.4) is 0 Å². The topological polar surface area (TPSA) is 52.8 Å². The van der Waals surface area contributed by atoms with Gasteiger partial charge in [-0.15, -0.1) is 0 Å². The van der Waals surface area contributed by atoms with Gasteiger partial charge in [-0.05, 0) is 42.8 Å². The summed E-state index contributed by atoms with van der Waals surface area (Å²) in [6.07, 6.45) is 5.52. The quantitative estimate of drug-likeness (QED) is 0.671. The second kappa shape index (κ2) is 6.26. The van der Waals surface area contributed by atoms with Crippen molar-refractivity contribution >= 4 is 29.3 Å². The molecule has 0 unspecified atom stereocenters. The van der Waals surface area contributed by atoms with Gasteiger partial charge in [-0.2, -0.15) is 0 Å². The lowest BCUT2D eigenvalue weighted by Gasteiger charge is -2.17. The van der Waals surface area contributed by atoms with Gasteiger partial charge in [0.25, 0.3) is 0 Å². The number of hydrogen-bond donors (Lipinski definition) is 0. The van der Waals surface area contributed by atoms with E-state index in [0.717, 1.165) is 16.8 Å². The van der Waals surface area contributed by atoms with E-state index in [-0.39, 0.29) is 13.2 Å². The van der Waals surface area contributed by atoms with Crippen molar-refractivity contribution in [2.45, 2.75) is 13.5 Å². The Morgan fingerprint density at radius 2 is 2.28 bits per heavy atom. The number of ether oxygens (including phenoxy) is 2. The van der Waals surface area contributed by atoms with Gasteiger partial charge in [0, 0.05) is 23.0 Å². The Morgan fingerprint density at radius 3 is 3.12 bits per heavy atom. The Morgan fingerprint density at radius 1 is 1.40 bits per heavy atom.